The standard InChI is InChI=1S/C12H18N2O5/c15-10(14-4-5-19-12(14)18)8-13-3-1-2-9(7-13)6-11(16)17/h9H,1-8H2,(H,16,17). The quantitative estimate of drug-likeness (QED) is 0.782. The van der Waals surface area contributed by atoms with Crippen LogP contribution in [0.25, 0.3) is 0 Å². The predicted molar refractivity (Wildman–Crippen MR) is 64.5 cm³/mol. The molecule has 7 nitrogen and oxygen atoms in total. The first-order valence-corrected chi connectivity index (χ1v) is 6.47. The van der Waals surface area contributed by atoms with Crippen LogP contribution >= 0.6 is 0 Å². The zero-order valence-electron chi connectivity index (χ0n) is 10.7. The van der Waals surface area contributed by atoms with Crippen molar-refractivity contribution in [2.24, 2.45) is 5.92 Å². The first kappa shape index (κ1) is 13.8. The van der Waals surface area contributed by atoms with E-state index in [2.05, 4.69) is 0 Å². The summed E-state index contributed by atoms with van der Waals surface area (Å²) >= 11 is 0. The number of ether oxygens (including phenoxy) is 1. The second kappa shape index (κ2) is 6.01. The van der Waals surface area contributed by atoms with Gasteiger partial charge in [-0.25, -0.2) is 9.69 Å². The van der Waals surface area contributed by atoms with Crippen LogP contribution < -0.4 is 0 Å². The number of aliphatic carboxylic acids is 1. The molecule has 0 aliphatic carbocycles. The van der Waals surface area contributed by atoms with Gasteiger partial charge in [0.1, 0.15) is 6.61 Å². The fourth-order valence-corrected chi connectivity index (χ4v) is 2.61. The summed E-state index contributed by atoms with van der Waals surface area (Å²) in [6.07, 6.45) is 1.32. The average Bonchev–Trinajstić information content (AvgIpc) is 2.75. The number of imide groups is 1. The zero-order chi connectivity index (χ0) is 13.8. The predicted octanol–water partition coefficient (Wildman–Crippen LogP) is 0.152. The molecule has 2 heterocycles. The third-order valence-corrected chi connectivity index (χ3v) is 3.49. The first-order chi connectivity index (χ1) is 9.06. The van der Waals surface area contributed by atoms with Crippen molar-refractivity contribution in [2.75, 3.05) is 32.8 Å². The molecule has 19 heavy (non-hydrogen) atoms. The number of hydrogen-bond donors (Lipinski definition) is 1. The van der Waals surface area contributed by atoms with Crippen molar-refractivity contribution in [3.8, 4) is 0 Å². The lowest BCUT2D eigenvalue weighted by Crippen LogP contribution is -2.44. The van der Waals surface area contributed by atoms with E-state index >= 15 is 0 Å². The van der Waals surface area contributed by atoms with Crippen molar-refractivity contribution in [1.29, 1.82) is 0 Å². The summed E-state index contributed by atoms with van der Waals surface area (Å²) in [5, 5.41) is 8.79. The van der Waals surface area contributed by atoms with Gasteiger partial charge in [-0.05, 0) is 25.3 Å². The van der Waals surface area contributed by atoms with Gasteiger partial charge in [-0.2, -0.15) is 0 Å². The first-order valence-electron chi connectivity index (χ1n) is 6.47. The third kappa shape index (κ3) is 3.66. The fraction of sp³-hybridized carbons (Fsp3) is 0.750. The highest BCUT2D eigenvalue weighted by molar-refractivity contribution is 5.94. The van der Waals surface area contributed by atoms with Gasteiger partial charge in [0, 0.05) is 13.0 Å². The number of hydrogen-bond acceptors (Lipinski definition) is 5. The van der Waals surface area contributed by atoms with Crippen LogP contribution in [0.15, 0.2) is 0 Å². The van der Waals surface area contributed by atoms with Crippen molar-refractivity contribution in [3.63, 3.8) is 0 Å². The van der Waals surface area contributed by atoms with E-state index in [-0.39, 0.29) is 31.4 Å². The Morgan fingerprint density at radius 2 is 2.16 bits per heavy atom. The van der Waals surface area contributed by atoms with Crippen LogP contribution in [0.4, 0.5) is 4.79 Å². The topological polar surface area (TPSA) is 87.2 Å². The van der Waals surface area contributed by atoms with Crippen LogP contribution in [0.1, 0.15) is 19.3 Å². The Bertz CT molecular complexity index is 384. The van der Waals surface area contributed by atoms with Gasteiger partial charge < -0.3 is 9.84 Å². The number of piperidine rings is 1. The number of carboxylic acid groups (broad SMARTS) is 1. The minimum absolute atomic E-state index is 0.0876. The Morgan fingerprint density at radius 1 is 1.37 bits per heavy atom. The Balaban J connectivity index is 1.83. The summed E-state index contributed by atoms with van der Waals surface area (Å²) in [4.78, 5) is 36.9. The number of amides is 2. The van der Waals surface area contributed by atoms with Crippen molar-refractivity contribution in [1.82, 2.24) is 9.80 Å². The van der Waals surface area contributed by atoms with Crippen molar-refractivity contribution in [2.45, 2.75) is 19.3 Å². The van der Waals surface area contributed by atoms with Crippen LogP contribution in [0.3, 0.4) is 0 Å². The lowest BCUT2D eigenvalue weighted by molar-refractivity contribution is -0.138. The number of carboxylic acids is 1. The molecule has 2 rings (SSSR count). The molecule has 1 atom stereocenters. The van der Waals surface area contributed by atoms with Crippen molar-refractivity contribution in [3.05, 3.63) is 0 Å². The number of carbonyl (C=O) groups is 3. The van der Waals surface area contributed by atoms with Gasteiger partial charge in [0.25, 0.3) is 0 Å². The Kier molecular flexibility index (Phi) is 4.36. The van der Waals surface area contributed by atoms with Gasteiger partial charge in [0.05, 0.1) is 13.1 Å². The molecular weight excluding hydrogens is 252 g/mol. The molecule has 0 bridgehead atoms. The highest BCUT2D eigenvalue weighted by Crippen LogP contribution is 2.19. The summed E-state index contributed by atoms with van der Waals surface area (Å²) < 4.78 is 4.72. The molecular formula is C12H18N2O5. The second-order valence-electron chi connectivity index (χ2n) is 5.00. The molecule has 1 N–H and O–H groups in total. The van der Waals surface area contributed by atoms with E-state index in [1.807, 2.05) is 4.90 Å². The Hall–Kier alpha value is -1.63. The normalized spacial score (nSPS) is 24.3. The van der Waals surface area contributed by atoms with E-state index in [9.17, 15) is 14.4 Å². The monoisotopic (exact) mass is 270 g/mol. The van der Waals surface area contributed by atoms with Gasteiger partial charge in [0.15, 0.2) is 0 Å². The minimum atomic E-state index is -0.804. The van der Waals surface area contributed by atoms with Gasteiger partial charge in [-0.1, -0.05) is 0 Å². The summed E-state index contributed by atoms with van der Waals surface area (Å²) in [6.45, 7) is 2.09. The third-order valence-electron chi connectivity index (χ3n) is 3.49. The van der Waals surface area contributed by atoms with E-state index in [1.165, 1.54) is 0 Å². The highest BCUT2D eigenvalue weighted by atomic mass is 16.6. The molecule has 0 aromatic rings. The van der Waals surface area contributed by atoms with Gasteiger partial charge in [-0.3, -0.25) is 14.5 Å². The summed E-state index contributed by atoms with van der Waals surface area (Å²) in [5.74, 6) is -0.982. The van der Waals surface area contributed by atoms with E-state index in [0.29, 0.717) is 13.1 Å². The van der Waals surface area contributed by atoms with E-state index < -0.39 is 12.1 Å². The summed E-state index contributed by atoms with van der Waals surface area (Å²) in [6, 6.07) is 0. The van der Waals surface area contributed by atoms with Crippen molar-refractivity contribution < 1.29 is 24.2 Å². The molecule has 106 valence electrons. The Morgan fingerprint density at radius 3 is 2.79 bits per heavy atom. The molecule has 2 aliphatic rings. The number of nitrogens with zero attached hydrogens (tertiary/aromatic N) is 2. The molecule has 2 amide bonds. The SMILES string of the molecule is O=C(O)CC1CCCN(CC(=O)N2CCOC2=O)C1. The highest BCUT2D eigenvalue weighted by Gasteiger charge is 2.31. The number of cyclic esters (lactones) is 1. The summed E-state index contributed by atoms with van der Waals surface area (Å²) in [7, 11) is 0. The maximum Gasteiger partial charge on any atom is 0.416 e. The Labute approximate surface area is 111 Å². The van der Waals surface area contributed by atoms with E-state index in [4.69, 9.17) is 9.84 Å². The van der Waals surface area contributed by atoms with Crippen LogP contribution in [-0.2, 0) is 14.3 Å². The maximum absolute atomic E-state index is 11.9. The number of carbonyl (C=O) groups excluding carboxylic acids is 2. The van der Waals surface area contributed by atoms with Gasteiger partial charge in [0.2, 0.25) is 5.91 Å². The van der Waals surface area contributed by atoms with Crippen LogP contribution in [-0.4, -0.2) is 65.7 Å². The number of likely N-dealkylation sites (tertiary alicyclic amines) is 1. The largest absolute Gasteiger partial charge is 0.481 e. The molecule has 0 radical (unpaired) electrons. The maximum atomic E-state index is 11.9. The molecule has 2 aliphatic heterocycles. The van der Waals surface area contributed by atoms with Crippen LogP contribution in [0, 0.1) is 5.92 Å². The number of rotatable bonds is 4. The lowest BCUT2D eigenvalue weighted by Gasteiger charge is -2.31. The molecule has 0 spiro atoms. The average molecular weight is 270 g/mol. The molecule has 0 saturated carbocycles. The molecule has 2 fully saturated rings. The van der Waals surface area contributed by atoms with E-state index in [0.717, 1.165) is 24.3 Å². The van der Waals surface area contributed by atoms with Crippen LogP contribution in [0.5, 0.6) is 0 Å². The minimum Gasteiger partial charge on any atom is -0.481 e. The van der Waals surface area contributed by atoms with Gasteiger partial charge >= 0.3 is 12.1 Å². The second-order valence-corrected chi connectivity index (χ2v) is 5.00. The van der Waals surface area contributed by atoms with E-state index in [1.54, 1.807) is 0 Å². The smallest absolute Gasteiger partial charge is 0.416 e. The molecule has 7 heteroatoms. The molecule has 2 saturated heterocycles. The van der Waals surface area contributed by atoms with Crippen molar-refractivity contribution >= 4 is 18.0 Å². The molecule has 0 aromatic carbocycles. The van der Waals surface area contributed by atoms with Gasteiger partial charge in [-0.15, -0.1) is 0 Å². The molecule has 1 unspecified atom stereocenters. The fourth-order valence-electron chi connectivity index (χ4n) is 2.61. The molecule has 0 aromatic heterocycles. The summed E-state index contributed by atoms with van der Waals surface area (Å²) in [5.41, 5.74) is 0. The van der Waals surface area contributed by atoms with Crippen LogP contribution in [0.2, 0.25) is 0 Å². The zero-order valence-corrected chi connectivity index (χ0v) is 10.7. The lowest BCUT2D eigenvalue weighted by atomic mass is 9.95.